The minimum atomic E-state index is -0.450. The number of methoxy groups -OCH3 is 1. The maximum absolute atomic E-state index is 12.3. The van der Waals surface area contributed by atoms with Gasteiger partial charge in [0.15, 0.2) is 0 Å². The molecule has 8 heteroatoms. The molecule has 0 spiro atoms. The zero-order chi connectivity index (χ0) is 19.9. The van der Waals surface area contributed by atoms with E-state index in [2.05, 4.69) is 25.3 Å². The molecule has 0 radical (unpaired) electrons. The van der Waals surface area contributed by atoms with Crippen LogP contribution < -0.4 is 10.6 Å². The van der Waals surface area contributed by atoms with Gasteiger partial charge in [0.2, 0.25) is 5.95 Å². The molecule has 0 saturated heterocycles. The first kappa shape index (κ1) is 18.5. The summed E-state index contributed by atoms with van der Waals surface area (Å²) in [6, 6.07) is 15.4. The minimum Gasteiger partial charge on any atom is -0.465 e. The first-order chi connectivity index (χ1) is 13.6. The van der Waals surface area contributed by atoms with Gasteiger partial charge in [0, 0.05) is 18.1 Å². The van der Waals surface area contributed by atoms with E-state index in [1.54, 1.807) is 48.5 Å². The summed E-state index contributed by atoms with van der Waals surface area (Å²) >= 11 is 0. The molecule has 0 fully saturated rings. The summed E-state index contributed by atoms with van der Waals surface area (Å²) < 4.78 is 4.69. The van der Waals surface area contributed by atoms with E-state index in [4.69, 9.17) is 5.26 Å². The predicted molar refractivity (Wildman–Crippen MR) is 102 cm³/mol. The van der Waals surface area contributed by atoms with Gasteiger partial charge in [-0.1, -0.05) is 18.2 Å². The van der Waals surface area contributed by atoms with E-state index in [9.17, 15) is 9.59 Å². The van der Waals surface area contributed by atoms with E-state index >= 15 is 0 Å². The van der Waals surface area contributed by atoms with Gasteiger partial charge in [-0.2, -0.15) is 5.26 Å². The molecule has 0 bridgehead atoms. The highest BCUT2D eigenvalue weighted by Crippen LogP contribution is 2.17. The number of hydrogen-bond donors (Lipinski definition) is 2. The Morgan fingerprint density at radius 2 is 1.79 bits per heavy atom. The van der Waals surface area contributed by atoms with Gasteiger partial charge in [-0.3, -0.25) is 4.79 Å². The standard InChI is InChI=1S/C20H15N5O3/c1-28-19(27)13-6-4-7-16(9-13)24-20-22-11-15(12-23-20)18(26)25-17-8-3-2-5-14(17)10-21/h2-9,11-12H,1H3,(H,25,26)(H,22,23,24). The van der Waals surface area contributed by atoms with Crippen LogP contribution in [0.1, 0.15) is 26.3 Å². The monoisotopic (exact) mass is 373 g/mol. The van der Waals surface area contributed by atoms with Crippen LogP contribution in [0, 0.1) is 11.3 Å². The summed E-state index contributed by atoms with van der Waals surface area (Å²) in [5.74, 6) is -0.618. The number of ether oxygens (including phenoxy) is 1. The second-order valence-corrected chi connectivity index (χ2v) is 5.60. The Balaban J connectivity index is 1.71. The van der Waals surface area contributed by atoms with E-state index in [0.717, 1.165) is 0 Å². The molecule has 2 aromatic carbocycles. The third kappa shape index (κ3) is 4.28. The van der Waals surface area contributed by atoms with Gasteiger partial charge >= 0.3 is 5.97 Å². The van der Waals surface area contributed by atoms with Crippen LogP contribution in [0.15, 0.2) is 60.9 Å². The first-order valence-electron chi connectivity index (χ1n) is 8.18. The number of nitriles is 1. The number of esters is 1. The zero-order valence-electron chi connectivity index (χ0n) is 14.8. The van der Waals surface area contributed by atoms with Crippen LogP contribution in [0.2, 0.25) is 0 Å². The van der Waals surface area contributed by atoms with Crippen molar-refractivity contribution in [2.75, 3.05) is 17.7 Å². The molecule has 1 heterocycles. The average Bonchev–Trinajstić information content (AvgIpc) is 2.74. The van der Waals surface area contributed by atoms with Gasteiger partial charge in [0.05, 0.1) is 29.5 Å². The number of carbonyl (C=O) groups excluding carboxylic acids is 2. The molecule has 0 atom stereocenters. The second kappa shape index (κ2) is 8.42. The van der Waals surface area contributed by atoms with Crippen molar-refractivity contribution >= 4 is 29.2 Å². The van der Waals surface area contributed by atoms with Crippen LogP contribution in [-0.4, -0.2) is 29.0 Å². The molecule has 3 rings (SSSR count). The first-order valence-corrected chi connectivity index (χ1v) is 8.18. The summed E-state index contributed by atoms with van der Waals surface area (Å²) in [7, 11) is 1.31. The van der Waals surface area contributed by atoms with Crippen LogP contribution in [0.25, 0.3) is 0 Å². The SMILES string of the molecule is COC(=O)c1cccc(Nc2ncc(C(=O)Nc3ccccc3C#N)cn2)c1. The molecule has 138 valence electrons. The Hall–Kier alpha value is -4.25. The van der Waals surface area contributed by atoms with Gasteiger partial charge in [-0.25, -0.2) is 14.8 Å². The van der Waals surface area contributed by atoms with E-state index < -0.39 is 11.9 Å². The molecule has 1 aromatic heterocycles. The molecule has 0 aliphatic rings. The maximum Gasteiger partial charge on any atom is 0.337 e. The lowest BCUT2D eigenvalue weighted by molar-refractivity contribution is 0.0600. The number of rotatable bonds is 5. The van der Waals surface area contributed by atoms with Crippen molar-refractivity contribution in [3.8, 4) is 6.07 Å². The molecule has 1 amide bonds. The van der Waals surface area contributed by atoms with Crippen molar-refractivity contribution in [2.45, 2.75) is 0 Å². The highest BCUT2D eigenvalue weighted by atomic mass is 16.5. The van der Waals surface area contributed by atoms with Crippen molar-refractivity contribution < 1.29 is 14.3 Å². The Morgan fingerprint density at radius 3 is 2.50 bits per heavy atom. The number of nitrogens with zero attached hydrogens (tertiary/aromatic N) is 3. The highest BCUT2D eigenvalue weighted by molar-refractivity contribution is 6.04. The van der Waals surface area contributed by atoms with Gasteiger partial charge < -0.3 is 15.4 Å². The van der Waals surface area contributed by atoms with Crippen molar-refractivity contribution in [3.05, 3.63) is 77.6 Å². The lowest BCUT2D eigenvalue weighted by Gasteiger charge is -2.08. The normalized spacial score (nSPS) is 9.86. The molecule has 0 unspecified atom stereocenters. The number of amides is 1. The number of carbonyl (C=O) groups is 2. The number of aromatic nitrogens is 2. The van der Waals surface area contributed by atoms with Gasteiger partial charge in [0.25, 0.3) is 5.91 Å². The summed E-state index contributed by atoms with van der Waals surface area (Å²) in [6.45, 7) is 0. The number of benzene rings is 2. The lowest BCUT2D eigenvalue weighted by Crippen LogP contribution is -2.14. The Bertz CT molecular complexity index is 1060. The topological polar surface area (TPSA) is 117 Å². The molecule has 0 aliphatic carbocycles. The number of hydrogen-bond acceptors (Lipinski definition) is 7. The zero-order valence-corrected chi connectivity index (χ0v) is 14.8. The van der Waals surface area contributed by atoms with Crippen molar-refractivity contribution in [1.82, 2.24) is 9.97 Å². The third-order valence-corrected chi connectivity index (χ3v) is 3.75. The molecular formula is C20H15N5O3. The summed E-state index contributed by atoms with van der Waals surface area (Å²) in [5.41, 5.74) is 2.00. The van der Waals surface area contributed by atoms with E-state index in [1.807, 2.05) is 6.07 Å². The van der Waals surface area contributed by atoms with E-state index in [1.165, 1.54) is 19.5 Å². The molecule has 2 N–H and O–H groups in total. The van der Waals surface area contributed by atoms with Crippen LogP contribution in [-0.2, 0) is 4.74 Å². The summed E-state index contributed by atoms with van der Waals surface area (Å²) in [5, 5.41) is 14.7. The quantitative estimate of drug-likeness (QED) is 0.660. The summed E-state index contributed by atoms with van der Waals surface area (Å²) in [6.07, 6.45) is 2.73. The van der Waals surface area contributed by atoms with Crippen LogP contribution >= 0.6 is 0 Å². The van der Waals surface area contributed by atoms with Crippen molar-refractivity contribution in [3.63, 3.8) is 0 Å². The fourth-order valence-electron chi connectivity index (χ4n) is 2.36. The molecule has 0 saturated carbocycles. The van der Waals surface area contributed by atoms with Gasteiger partial charge in [0.1, 0.15) is 6.07 Å². The van der Waals surface area contributed by atoms with Crippen LogP contribution in [0.4, 0.5) is 17.3 Å². The van der Waals surface area contributed by atoms with Gasteiger partial charge in [-0.05, 0) is 30.3 Å². The van der Waals surface area contributed by atoms with E-state index in [-0.39, 0.29) is 11.5 Å². The fourth-order valence-corrected chi connectivity index (χ4v) is 2.36. The third-order valence-electron chi connectivity index (χ3n) is 3.75. The van der Waals surface area contributed by atoms with Gasteiger partial charge in [-0.15, -0.1) is 0 Å². The number of para-hydroxylation sites is 1. The predicted octanol–water partition coefficient (Wildman–Crippen LogP) is 3.13. The Labute approximate surface area is 160 Å². The Morgan fingerprint density at radius 1 is 1.04 bits per heavy atom. The number of anilines is 3. The fraction of sp³-hybridized carbons (Fsp3) is 0.0500. The van der Waals surface area contributed by atoms with Crippen molar-refractivity contribution in [2.24, 2.45) is 0 Å². The average molecular weight is 373 g/mol. The largest absolute Gasteiger partial charge is 0.465 e. The van der Waals surface area contributed by atoms with Crippen molar-refractivity contribution in [1.29, 1.82) is 5.26 Å². The maximum atomic E-state index is 12.3. The van der Waals surface area contributed by atoms with Crippen LogP contribution in [0.3, 0.4) is 0 Å². The lowest BCUT2D eigenvalue weighted by atomic mass is 10.2. The molecular weight excluding hydrogens is 358 g/mol. The Kier molecular flexibility index (Phi) is 5.58. The molecule has 8 nitrogen and oxygen atoms in total. The highest BCUT2D eigenvalue weighted by Gasteiger charge is 2.11. The smallest absolute Gasteiger partial charge is 0.337 e. The second-order valence-electron chi connectivity index (χ2n) is 5.60. The molecule has 0 aliphatic heterocycles. The van der Waals surface area contributed by atoms with Crippen LogP contribution in [0.5, 0.6) is 0 Å². The number of nitrogens with one attached hydrogen (secondary N) is 2. The minimum absolute atomic E-state index is 0.238. The molecule has 28 heavy (non-hydrogen) atoms. The summed E-state index contributed by atoms with van der Waals surface area (Å²) in [4.78, 5) is 32.1. The van der Waals surface area contributed by atoms with E-state index in [0.29, 0.717) is 22.5 Å². The molecule has 3 aromatic rings.